The van der Waals surface area contributed by atoms with Gasteiger partial charge in [0.05, 0.1) is 12.1 Å². The first-order valence-corrected chi connectivity index (χ1v) is 6.41. The van der Waals surface area contributed by atoms with Crippen LogP contribution in [0.4, 0.5) is 5.00 Å². The van der Waals surface area contributed by atoms with Gasteiger partial charge in [-0.15, -0.1) is 11.3 Å². The number of nitrogens with two attached hydrogens (primary N) is 1. The fourth-order valence-corrected chi connectivity index (χ4v) is 2.68. The maximum atomic E-state index is 5.80. The zero-order chi connectivity index (χ0) is 12.5. The van der Waals surface area contributed by atoms with Crippen LogP contribution in [-0.4, -0.2) is 7.11 Å². The van der Waals surface area contributed by atoms with Crippen molar-refractivity contribution < 1.29 is 4.74 Å². The highest BCUT2D eigenvalue weighted by atomic mass is 32.1. The topological polar surface area (TPSA) is 35.2 Å². The monoisotopic (exact) mass is 247 g/mol. The normalized spacial score (nSPS) is 11.5. The van der Waals surface area contributed by atoms with Crippen molar-refractivity contribution in [1.29, 1.82) is 0 Å². The van der Waals surface area contributed by atoms with Crippen LogP contribution >= 0.6 is 11.3 Å². The fraction of sp³-hybridized carbons (Fsp3) is 0.286. The predicted molar refractivity (Wildman–Crippen MR) is 73.9 cm³/mol. The molecule has 0 unspecified atom stereocenters. The Bertz CT molecular complexity index is 499. The molecule has 0 amide bonds. The lowest BCUT2D eigenvalue weighted by atomic mass is 9.79. The molecule has 3 heteroatoms. The van der Waals surface area contributed by atoms with Crippen LogP contribution in [0.15, 0.2) is 35.7 Å². The van der Waals surface area contributed by atoms with Crippen molar-refractivity contribution >= 4 is 16.3 Å². The molecular formula is C14H17NOS. The Labute approximate surface area is 106 Å². The van der Waals surface area contributed by atoms with Crippen molar-refractivity contribution in [1.82, 2.24) is 0 Å². The molecule has 0 fully saturated rings. The Balaban J connectivity index is 2.36. The van der Waals surface area contributed by atoms with E-state index in [1.54, 1.807) is 18.4 Å². The molecular weight excluding hydrogens is 230 g/mol. The van der Waals surface area contributed by atoms with E-state index in [-0.39, 0.29) is 5.41 Å². The van der Waals surface area contributed by atoms with E-state index in [2.05, 4.69) is 37.4 Å². The third-order valence-electron chi connectivity index (χ3n) is 3.15. The number of methoxy groups -OCH3 is 1. The van der Waals surface area contributed by atoms with Crippen molar-refractivity contribution in [3.05, 3.63) is 46.8 Å². The summed E-state index contributed by atoms with van der Waals surface area (Å²) >= 11 is 1.59. The van der Waals surface area contributed by atoms with Crippen LogP contribution in [0, 0.1) is 0 Å². The van der Waals surface area contributed by atoms with Gasteiger partial charge >= 0.3 is 0 Å². The van der Waals surface area contributed by atoms with Gasteiger partial charge < -0.3 is 10.5 Å². The molecule has 0 atom stereocenters. The lowest BCUT2D eigenvalue weighted by molar-refractivity contribution is 0.414. The van der Waals surface area contributed by atoms with Gasteiger partial charge in [-0.1, -0.05) is 26.0 Å². The van der Waals surface area contributed by atoms with Gasteiger partial charge in [0.2, 0.25) is 0 Å². The second-order valence-corrected chi connectivity index (χ2v) is 5.53. The summed E-state index contributed by atoms with van der Waals surface area (Å²) in [5.41, 5.74) is 8.29. The summed E-state index contributed by atoms with van der Waals surface area (Å²) in [5, 5.41) is 2.99. The van der Waals surface area contributed by atoms with E-state index in [4.69, 9.17) is 10.5 Å². The number of rotatable bonds is 3. The van der Waals surface area contributed by atoms with Crippen LogP contribution in [0.2, 0.25) is 0 Å². The minimum absolute atomic E-state index is 0.0274. The summed E-state index contributed by atoms with van der Waals surface area (Å²) in [7, 11) is 1.68. The molecule has 90 valence electrons. The van der Waals surface area contributed by atoms with Gasteiger partial charge in [-0.25, -0.2) is 0 Å². The summed E-state index contributed by atoms with van der Waals surface area (Å²) in [4.78, 5) is 0. The van der Waals surface area contributed by atoms with E-state index in [1.165, 1.54) is 11.1 Å². The zero-order valence-electron chi connectivity index (χ0n) is 10.4. The van der Waals surface area contributed by atoms with Gasteiger partial charge in [-0.2, -0.15) is 0 Å². The van der Waals surface area contributed by atoms with Crippen LogP contribution in [0.3, 0.4) is 0 Å². The number of anilines is 1. The standard InChI is InChI=1S/C14H17NOS/c1-14(2,11-8-13(15)17-9-11)10-4-6-12(16-3)7-5-10/h4-9H,15H2,1-3H3. The van der Waals surface area contributed by atoms with E-state index < -0.39 is 0 Å². The first kappa shape index (κ1) is 12.0. The van der Waals surface area contributed by atoms with E-state index in [1.807, 2.05) is 12.1 Å². The molecule has 2 rings (SSSR count). The molecule has 0 saturated heterocycles. The summed E-state index contributed by atoms with van der Waals surface area (Å²) in [6.07, 6.45) is 0. The van der Waals surface area contributed by atoms with E-state index >= 15 is 0 Å². The number of hydrogen-bond acceptors (Lipinski definition) is 3. The molecule has 0 bridgehead atoms. The highest BCUT2D eigenvalue weighted by Crippen LogP contribution is 2.35. The third-order valence-corrected chi connectivity index (χ3v) is 3.91. The number of ether oxygens (including phenoxy) is 1. The Hall–Kier alpha value is -1.48. The Morgan fingerprint density at radius 3 is 2.24 bits per heavy atom. The van der Waals surface area contributed by atoms with Crippen LogP contribution in [0.1, 0.15) is 25.0 Å². The van der Waals surface area contributed by atoms with Crippen molar-refractivity contribution in [2.75, 3.05) is 12.8 Å². The summed E-state index contributed by atoms with van der Waals surface area (Å²) in [6.45, 7) is 4.41. The highest BCUT2D eigenvalue weighted by molar-refractivity contribution is 7.14. The average molecular weight is 247 g/mol. The van der Waals surface area contributed by atoms with Gasteiger partial charge in [0.15, 0.2) is 0 Å². The van der Waals surface area contributed by atoms with Crippen molar-refractivity contribution in [3.8, 4) is 5.75 Å². The van der Waals surface area contributed by atoms with E-state index in [0.29, 0.717) is 0 Å². The molecule has 1 aromatic heterocycles. The second kappa shape index (κ2) is 4.41. The van der Waals surface area contributed by atoms with Gasteiger partial charge in [0.1, 0.15) is 5.75 Å². The van der Waals surface area contributed by atoms with Crippen LogP contribution in [0.5, 0.6) is 5.75 Å². The largest absolute Gasteiger partial charge is 0.497 e. The smallest absolute Gasteiger partial charge is 0.118 e. The second-order valence-electron chi connectivity index (χ2n) is 4.59. The Morgan fingerprint density at radius 1 is 1.12 bits per heavy atom. The number of nitrogen functional groups attached to an aromatic ring is 1. The molecule has 0 aliphatic carbocycles. The molecule has 2 nitrogen and oxygen atoms in total. The molecule has 0 radical (unpaired) electrons. The summed E-state index contributed by atoms with van der Waals surface area (Å²) in [6, 6.07) is 10.2. The summed E-state index contributed by atoms with van der Waals surface area (Å²) in [5.74, 6) is 0.884. The van der Waals surface area contributed by atoms with Crippen LogP contribution in [-0.2, 0) is 5.41 Å². The number of thiophene rings is 1. The Morgan fingerprint density at radius 2 is 1.76 bits per heavy atom. The van der Waals surface area contributed by atoms with E-state index in [9.17, 15) is 0 Å². The first-order chi connectivity index (χ1) is 8.04. The van der Waals surface area contributed by atoms with Gasteiger partial charge in [-0.3, -0.25) is 0 Å². The molecule has 17 heavy (non-hydrogen) atoms. The number of hydrogen-bond donors (Lipinski definition) is 1. The van der Waals surface area contributed by atoms with Gasteiger partial charge in [0, 0.05) is 5.41 Å². The van der Waals surface area contributed by atoms with Crippen molar-refractivity contribution in [2.45, 2.75) is 19.3 Å². The highest BCUT2D eigenvalue weighted by Gasteiger charge is 2.24. The molecule has 0 spiro atoms. The van der Waals surface area contributed by atoms with Gasteiger partial charge in [0.25, 0.3) is 0 Å². The zero-order valence-corrected chi connectivity index (χ0v) is 11.2. The van der Waals surface area contributed by atoms with Crippen LogP contribution in [0.25, 0.3) is 0 Å². The maximum Gasteiger partial charge on any atom is 0.118 e. The maximum absolute atomic E-state index is 5.80. The minimum Gasteiger partial charge on any atom is -0.497 e. The fourth-order valence-electron chi connectivity index (χ4n) is 1.85. The predicted octanol–water partition coefficient (Wildman–Crippen LogP) is 3.66. The molecule has 0 aliphatic rings. The minimum atomic E-state index is -0.0274. The quantitative estimate of drug-likeness (QED) is 0.898. The molecule has 1 heterocycles. The molecule has 2 N–H and O–H groups in total. The SMILES string of the molecule is COc1ccc(C(C)(C)c2csc(N)c2)cc1. The van der Waals surface area contributed by atoms with Gasteiger partial charge in [-0.05, 0) is 34.7 Å². The lowest BCUT2D eigenvalue weighted by Gasteiger charge is -2.24. The third kappa shape index (κ3) is 2.29. The van der Waals surface area contributed by atoms with Crippen molar-refractivity contribution in [2.24, 2.45) is 0 Å². The van der Waals surface area contributed by atoms with E-state index in [0.717, 1.165) is 10.8 Å². The Kier molecular flexibility index (Phi) is 3.11. The molecule has 0 saturated carbocycles. The van der Waals surface area contributed by atoms with Crippen LogP contribution < -0.4 is 10.5 Å². The van der Waals surface area contributed by atoms with Crippen molar-refractivity contribution in [3.63, 3.8) is 0 Å². The molecule has 1 aromatic carbocycles. The lowest BCUT2D eigenvalue weighted by Crippen LogP contribution is -2.17. The molecule has 2 aromatic rings. The number of benzene rings is 1. The summed E-state index contributed by atoms with van der Waals surface area (Å²) < 4.78 is 5.17. The molecule has 0 aliphatic heterocycles. The first-order valence-electron chi connectivity index (χ1n) is 5.53. The average Bonchev–Trinajstić information content (AvgIpc) is 2.77.